The van der Waals surface area contributed by atoms with E-state index in [1.54, 1.807) is 0 Å². The summed E-state index contributed by atoms with van der Waals surface area (Å²) in [7, 11) is -0.966. The summed E-state index contributed by atoms with van der Waals surface area (Å²) in [5, 5.41) is 8.46. The molecule has 0 aliphatic carbocycles. The maximum Gasteiger partial charge on any atom is 2.00 e. The smallest absolute Gasteiger partial charge is 0.358 e. The van der Waals surface area contributed by atoms with Crippen LogP contribution in [0.25, 0.3) is 0 Å². The van der Waals surface area contributed by atoms with Crippen molar-refractivity contribution in [1.29, 1.82) is 0 Å². The first-order valence-corrected chi connectivity index (χ1v) is 21.7. The minimum absolute atomic E-state index is 0. The molecule has 314 valence electrons. The van der Waals surface area contributed by atoms with Crippen molar-refractivity contribution in [1.82, 2.24) is 0 Å². The Morgan fingerprint density at radius 1 is 0.387 bits per heavy atom. The van der Waals surface area contributed by atoms with E-state index >= 15 is 0 Å². The standard InChI is InChI=1S/2C21H21P.C6F5.C6H.Pt/c2*1-16-4-10-19(11-5-16)22(20-12-6-17(2)7-13-20)21-14-8-18(3)9-15-21;7-2-1-3(8)5(10)6(11)4(2)9;1-3-5-6-4-2;/h2*4-15H,1-3H3;;1H;/q;;2*-1;+2. The average Bonchev–Trinajstić information content (AvgIpc) is 3.26. The van der Waals surface area contributed by atoms with Crippen molar-refractivity contribution >= 4 is 47.7 Å². The van der Waals surface area contributed by atoms with E-state index in [4.69, 9.17) is 6.42 Å². The van der Waals surface area contributed by atoms with Gasteiger partial charge in [0.1, 0.15) is 0 Å². The van der Waals surface area contributed by atoms with Crippen LogP contribution >= 0.6 is 15.8 Å². The zero-order valence-electron chi connectivity index (χ0n) is 35.0. The molecule has 0 unspecified atom stereocenters. The monoisotopic (exact) mass is 1040 g/mol. The summed E-state index contributed by atoms with van der Waals surface area (Å²) in [5.41, 5.74) is 7.87. The van der Waals surface area contributed by atoms with Gasteiger partial charge in [-0.25, -0.2) is 19.1 Å². The third-order valence-electron chi connectivity index (χ3n) is 8.94. The van der Waals surface area contributed by atoms with Crippen LogP contribution in [0.2, 0.25) is 0 Å². The van der Waals surface area contributed by atoms with Gasteiger partial charge in [0.2, 0.25) is 0 Å². The van der Waals surface area contributed by atoms with Gasteiger partial charge in [-0.3, -0.25) is 14.7 Å². The van der Waals surface area contributed by atoms with Crippen LogP contribution in [0.15, 0.2) is 146 Å². The van der Waals surface area contributed by atoms with E-state index in [-0.39, 0.29) is 21.1 Å². The molecular formula is C54H43F5P2Pt. The summed E-state index contributed by atoms with van der Waals surface area (Å²) >= 11 is 0. The quantitative estimate of drug-likeness (QED) is 0.0389. The zero-order valence-corrected chi connectivity index (χ0v) is 39.1. The van der Waals surface area contributed by atoms with Crippen LogP contribution in [0, 0.1) is 113 Å². The van der Waals surface area contributed by atoms with Gasteiger partial charge in [0.05, 0.1) is 29.1 Å². The number of terminal acetylenes is 1. The van der Waals surface area contributed by atoms with Crippen molar-refractivity contribution in [3.63, 3.8) is 0 Å². The fraction of sp³-hybridized carbons (Fsp3) is 0.111. The molecule has 0 amide bonds. The Labute approximate surface area is 380 Å². The summed E-state index contributed by atoms with van der Waals surface area (Å²) in [4.78, 5) is 0. The summed E-state index contributed by atoms with van der Waals surface area (Å²) in [6.07, 6.45) is 10.9. The molecule has 7 aromatic rings. The topological polar surface area (TPSA) is 0 Å². The van der Waals surface area contributed by atoms with E-state index < -0.39 is 44.9 Å². The van der Waals surface area contributed by atoms with Crippen LogP contribution in [-0.4, -0.2) is 0 Å². The van der Waals surface area contributed by atoms with Crippen molar-refractivity contribution in [2.45, 2.75) is 41.5 Å². The molecule has 0 spiro atoms. The normalized spacial score (nSPS) is 9.85. The Bertz CT molecular complexity index is 2240. The average molecular weight is 1040 g/mol. The van der Waals surface area contributed by atoms with Gasteiger partial charge in [0.15, 0.2) is 0 Å². The number of hydrogen-bond donors (Lipinski definition) is 0. The third-order valence-corrected chi connectivity index (χ3v) is 13.8. The molecule has 0 aliphatic rings. The molecule has 0 N–H and O–H groups in total. The Morgan fingerprint density at radius 2 is 0.597 bits per heavy atom. The van der Waals surface area contributed by atoms with Gasteiger partial charge in [-0.15, -0.1) is 18.4 Å². The summed E-state index contributed by atoms with van der Waals surface area (Å²) in [5.74, 6) is -1.90. The van der Waals surface area contributed by atoms with Gasteiger partial charge in [0, 0.05) is 0 Å². The molecule has 0 nitrogen and oxygen atoms in total. The first-order chi connectivity index (χ1) is 29.2. The molecule has 0 saturated carbocycles. The molecule has 0 radical (unpaired) electrons. The second-order valence-corrected chi connectivity index (χ2v) is 18.3. The van der Waals surface area contributed by atoms with Gasteiger partial charge in [-0.2, -0.15) is 0 Å². The number of rotatable bonds is 6. The molecule has 0 atom stereocenters. The minimum atomic E-state index is -2.17. The van der Waals surface area contributed by atoms with E-state index in [0.717, 1.165) is 6.07 Å². The fourth-order valence-corrected chi connectivity index (χ4v) is 10.1. The summed E-state index contributed by atoms with van der Waals surface area (Å²) < 4.78 is 59.9. The molecule has 0 saturated heterocycles. The van der Waals surface area contributed by atoms with Crippen LogP contribution < -0.4 is 31.8 Å². The number of benzene rings is 7. The SMILES string of the molecule is Cc1ccc(P(c2ccc(C)cc2)c2ccc(C)cc2)cc1.Cc1ccc(P(c2ccc(C)cc2)c2ccc(C)cc2)cc1.Fc1[c-]c(F)c(F)c(F)c1F.[C-]#CC#CC#C.[Pt+2]. The van der Waals surface area contributed by atoms with Gasteiger partial charge in [-0.05, 0) is 95.1 Å². The molecule has 7 rings (SSSR count). The van der Waals surface area contributed by atoms with Crippen LogP contribution in [-0.2, 0) is 21.1 Å². The van der Waals surface area contributed by atoms with Gasteiger partial charge < -0.3 is 6.42 Å². The van der Waals surface area contributed by atoms with Gasteiger partial charge in [0.25, 0.3) is 0 Å². The Morgan fingerprint density at radius 3 is 0.758 bits per heavy atom. The van der Waals surface area contributed by atoms with Crippen molar-refractivity contribution in [3.05, 3.63) is 221 Å². The first kappa shape index (κ1) is 50.8. The van der Waals surface area contributed by atoms with Gasteiger partial charge >= 0.3 is 21.1 Å². The number of hydrogen-bond acceptors (Lipinski definition) is 0. The zero-order chi connectivity index (χ0) is 44.5. The molecule has 0 heterocycles. The minimum Gasteiger partial charge on any atom is -0.358 e. The number of halogens is 5. The maximum absolute atomic E-state index is 12.0. The molecule has 0 aromatic heterocycles. The van der Waals surface area contributed by atoms with Crippen LogP contribution in [0.3, 0.4) is 0 Å². The fourth-order valence-electron chi connectivity index (χ4n) is 5.62. The van der Waals surface area contributed by atoms with E-state index in [9.17, 15) is 22.0 Å². The predicted molar refractivity (Wildman–Crippen MR) is 248 cm³/mol. The van der Waals surface area contributed by atoms with Crippen molar-refractivity contribution in [2.75, 3.05) is 0 Å². The molecular weight excluding hydrogens is 1000 g/mol. The Kier molecular flexibility index (Phi) is 20.8. The van der Waals surface area contributed by atoms with Gasteiger partial charge in [-0.1, -0.05) is 179 Å². The van der Waals surface area contributed by atoms with Crippen LogP contribution in [0.5, 0.6) is 0 Å². The van der Waals surface area contributed by atoms with Crippen molar-refractivity contribution < 1.29 is 43.0 Å². The summed E-state index contributed by atoms with van der Waals surface area (Å²) in [6.45, 7) is 12.9. The first-order valence-electron chi connectivity index (χ1n) is 19.0. The maximum atomic E-state index is 12.0. The summed E-state index contributed by atoms with van der Waals surface area (Å²) in [6, 6.07) is 55.0. The van der Waals surface area contributed by atoms with E-state index in [1.807, 2.05) is 11.8 Å². The Hall–Kier alpha value is -5.58. The molecule has 8 heteroatoms. The molecule has 0 aliphatic heterocycles. The van der Waals surface area contributed by atoms with E-state index in [0.29, 0.717) is 0 Å². The molecule has 7 aromatic carbocycles. The Balaban J connectivity index is 0.000000241. The largest absolute Gasteiger partial charge is 2.00 e. The van der Waals surface area contributed by atoms with Crippen LogP contribution in [0.1, 0.15) is 33.4 Å². The molecule has 62 heavy (non-hydrogen) atoms. The van der Waals surface area contributed by atoms with Crippen LogP contribution in [0.4, 0.5) is 22.0 Å². The predicted octanol–water partition coefficient (Wildman–Crippen LogP) is 11.1. The molecule has 0 fully saturated rings. The second kappa shape index (κ2) is 25.4. The number of aryl methyl sites for hydroxylation is 6. The van der Waals surface area contributed by atoms with E-state index in [1.165, 1.54) is 65.2 Å². The van der Waals surface area contributed by atoms with E-state index in [2.05, 4.69) is 205 Å². The second-order valence-electron chi connectivity index (χ2n) is 13.9. The van der Waals surface area contributed by atoms with Crippen molar-refractivity contribution in [2.24, 2.45) is 0 Å². The van der Waals surface area contributed by atoms with Crippen molar-refractivity contribution in [3.8, 4) is 30.1 Å². The third kappa shape index (κ3) is 15.1. The molecule has 0 bridgehead atoms.